The van der Waals surface area contributed by atoms with Gasteiger partial charge in [-0.3, -0.25) is 10.1 Å². The molecule has 0 spiro atoms. The summed E-state index contributed by atoms with van der Waals surface area (Å²) in [5, 5.41) is 10.8. The normalized spacial score (nSPS) is 11.4. The maximum Gasteiger partial charge on any atom is 0.416 e. The summed E-state index contributed by atoms with van der Waals surface area (Å²) in [5.74, 6) is -1.37. The average Bonchev–Trinajstić information content (AvgIpc) is 2.99. The molecule has 0 aliphatic carbocycles. The number of hydrogen-bond donors (Lipinski definition) is 1. The quantitative estimate of drug-likeness (QED) is 0.655. The Bertz CT molecular complexity index is 969. The van der Waals surface area contributed by atoms with Gasteiger partial charge in [0.05, 0.1) is 11.1 Å². The number of aromatic nitrogens is 2. The highest BCUT2D eigenvalue weighted by atomic mass is 32.1. The second kappa shape index (κ2) is 6.83. The SMILES string of the molecule is Cc1nnc(NC(=O)c2cc(F)ccc2-c2cccc(C(F)(F)F)c2)s1. The highest BCUT2D eigenvalue weighted by Crippen LogP contribution is 2.33. The molecule has 0 saturated carbocycles. The number of nitrogens with zero attached hydrogens (tertiary/aromatic N) is 2. The maximum atomic E-state index is 13.6. The number of rotatable bonds is 3. The summed E-state index contributed by atoms with van der Waals surface area (Å²) in [4.78, 5) is 12.5. The number of halogens is 4. The number of nitrogens with one attached hydrogen (secondary N) is 1. The van der Waals surface area contributed by atoms with Gasteiger partial charge >= 0.3 is 6.18 Å². The van der Waals surface area contributed by atoms with Gasteiger partial charge in [-0.1, -0.05) is 29.5 Å². The van der Waals surface area contributed by atoms with Crippen LogP contribution in [0.2, 0.25) is 0 Å². The minimum absolute atomic E-state index is 0.0998. The fourth-order valence-electron chi connectivity index (χ4n) is 2.33. The largest absolute Gasteiger partial charge is 0.416 e. The lowest BCUT2D eigenvalue weighted by molar-refractivity contribution is -0.137. The van der Waals surface area contributed by atoms with Gasteiger partial charge in [-0.15, -0.1) is 10.2 Å². The topological polar surface area (TPSA) is 54.9 Å². The number of carbonyl (C=O) groups excluding carboxylic acids is 1. The Morgan fingerprint density at radius 2 is 1.88 bits per heavy atom. The number of amides is 1. The second-order valence-electron chi connectivity index (χ2n) is 5.35. The van der Waals surface area contributed by atoms with Crippen molar-refractivity contribution >= 4 is 22.4 Å². The van der Waals surface area contributed by atoms with E-state index in [9.17, 15) is 22.4 Å². The second-order valence-corrected chi connectivity index (χ2v) is 6.53. The molecule has 0 aliphatic rings. The third kappa shape index (κ3) is 3.88. The number of benzene rings is 2. The summed E-state index contributed by atoms with van der Waals surface area (Å²) in [7, 11) is 0. The number of carbonyl (C=O) groups is 1. The van der Waals surface area contributed by atoms with E-state index < -0.39 is 23.5 Å². The Hall–Kier alpha value is -2.81. The van der Waals surface area contributed by atoms with Gasteiger partial charge in [0.1, 0.15) is 10.8 Å². The molecule has 3 aromatic rings. The van der Waals surface area contributed by atoms with Gasteiger partial charge in [0, 0.05) is 0 Å². The molecule has 0 aliphatic heterocycles. The molecule has 1 heterocycles. The predicted octanol–water partition coefficient (Wildman–Crippen LogP) is 4.92. The van der Waals surface area contributed by atoms with Crippen LogP contribution in [0.3, 0.4) is 0 Å². The zero-order chi connectivity index (χ0) is 18.9. The molecule has 26 heavy (non-hydrogen) atoms. The van der Waals surface area contributed by atoms with E-state index >= 15 is 0 Å². The first-order valence-corrected chi connectivity index (χ1v) is 8.14. The zero-order valence-electron chi connectivity index (χ0n) is 13.3. The van der Waals surface area contributed by atoms with E-state index in [1.54, 1.807) is 6.92 Å². The molecule has 0 saturated heterocycles. The highest BCUT2D eigenvalue weighted by Gasteiger charge is 2.30. The van der Waals surface area contributed by atoms with Crippen LogP contribution in [0.5, 0.6) is 0 Å². The summed E-state index contributed by atoms with van der Waals surface area (Å²) >= 11 is 1.13. The van der Waals surface area contributed by atoms with Crippen LogP contribution in [0.15, 0.2) is 42.5 Å². The van der Waals surface area contributed by atoms with E-state index in [1.165, 1.54) is 18.2 Å². The van der Waals surface area contributed by atoms with Crippen molar-refractivity contribution in [3.05, 3.63) is 64.4 Å². The molecular weight excluding hydrogens is 370 g/mol. The average molecular weight is 381 g/mol. The van der Waals surface area contributed by atoms with Crippen molar-refractivity contribution in [2.45, 2.75) is 13.1 Å². The van der Waals surface area contributed by atoms with E-state index in [0.29, 0.717) is 5.01 Å². The van der Waals surface area contributed by atoms with Crippen molar-refractivity contribution in [1.82, 2.24) is 10.2 Å². The van der Waals surface area contributed by atoms with Crippen molar-refractivity contribution in [1.29, 1.82) is 0 Å². The van der Waals surface area contributed by atoms with Gasteiger partial charge in [-0.2, -0.15) is 13.2 Å². The maximum absolute atomic E-state index is 13.6. The van der Waals surface area contributed by atoms with Crippen LogP contribution < -0.4 is 5.32 Å². The number of alkyl halides is 3. The summed E-state index contributed by atoms with van der Waals surface area (Å²) in [5.41, 5.74) is -0.628. The van der Waals surface area contributed by atoms with Gasteiger partial charge in [-0.25, -0.2) is 4.39 Å². The summed E-state index contributed by atoms with van der Waals surface area (Å²) < 4.78 is 52.5. The molecule has 9 heteroatoms. The lowest BCUT2D eigenvalue weighted by Gasteiger charge is -2.12. The van der Waals surface area contributed by atoms with Crippen LogP contribution in [-0.2, 0) is 6.18 Å². The van der Waals surface area contributed by atoms with Crippen molar-refractivity contribution in [3.8, 4) is 11.1 Å². The van der Waals surface area contributed by atoms with E-state index in [0.717, 1.165) is 35.6 Å². The Morgan fingerprint density at radius 1 is 1.12 bits per heavy atom. The Labute approximate surface area is 149 Å². The first-order valence-electron chi connectivity index (χ1n) is 7.32. The van der Waals surface area contributed by atoms with Gasteiger partial charge < -0.3 is 0 Å². The van der Waals surface area contributed by atoms with Crippen molar-refractivity contribution in [2.75, 3.05) is 5.32 Å². The smallest absolute Gasteiger partial charge is 0.296 e. The molecule has 4 nitrogen and oxygen atoms in total. The molecule has 0 unspecified atom stereocenters. The van der Waals surface area contributed by atoms with E-state index in [1.807, 2.05) is 0 Å². The van der Waals surface area contributed by atoms with Gasteiger partial charge in [0.2, 0.25) is 5.13 Å². The number of anilines is 1. The van der Waals surface area contributed by atoms with Gasteiger partial charge in [-0.05, 0) is 42.3 Å². The minimum Gasteiger partial charge on any atom is -0.296 e. The molecule has 1 N–H and O–H groups in total. The molecule has 134 valence electrons. The lowest BCUT2D eigenvalue weighted by atomic mass is 9.97. The Morgan fingerprint density at radius 3 is 2.54 bits per heavy atom. The van der Waals surface area contributed by atoms with Crippen LogP contribution in [0.4, 0.5) is 22.7 Å². The molecule has 2 aromatic carbocycles. The molecule has 0 fully saturated rings. The zero-order valence-corrected chi connectivity index (χ0v) is 14.1. The monoisotopic (exact) mass is 381 g/mol. The Kier molecular flexibility index (Phi) is 4.73. The van der Waals surface area contributed by atoms with Crippen LogP contribution >= 0.6 is 11.3 Å². The number of aryl methyl sites for hydroxylation is 1. The van der Waals surface area contributed by atoms with Crippen LogP contribution in [-0.4, -0.2) is 16.1 Å². The fraction of sp³-hybridized carbons (Fsp3) is 0.118. The van der Waals surface area contributed by atoms with Crippen LogP contribution in [0.1, 0.15) is 20.9 Å². The van der Waals surface area contributed by atoms with Crippen molar-refractivity contribution in [3.63, 3.8) is 0 Å². The molecule has 0 atom stereocenters. The van der Waals surface area contributed by atoms with Gasteiger partial charge in [0.25, 0.3) is 5.91 Å². The first kappa shape index (κ1) is 18.0. The third-order valence-electron chi connectivity index (χ3n) is 3.47. The lowest BCUT2D eigenvalue weighted by Crippen LogP contribution is -2.13. The van der Waals surface area contributed by atoms with Crippen molar-refractivity contribution < 1.29 is 22.4 Å². The Balaban J connectivity index is 2.02. The number of hydrogen-bond acceptors (Lipinski definition) is 4. The van der Waals surface area contributed by atoms with Crippen molar-refractivity contribution in [2.24, 2.45) is 0 Å². The molecule has 0 radical (unpaired) electrons. The molecule has 3 rings (SSSR count). The van der Waals surface area contributed by atoms with Gasteiger partial charge in [0.15, 0.2) is 0 Å². The highest BCUT2D eigenvalue weighted by molar-refractivity contribution is 7.15. The standard InChI is InChI=1S/C17H11F4N3OS/c1-9-23-24-16(26-9)22-15(25)14-8-12(18)5-6-13(14)10-3-2-4-11(7-10)17(19,20)21/h2-8H,1H3,(H,22,24,25). The van der Waals surface area contributed by atoms with E-state index in [4.69, 9.17) is 0 Å². The summed E-state index contributed by atoms with van der Waals surface area (Å²) in [6.07, 6.45) is -4.53. The summed E-state index contributed by atoms with van der Waals surface area (Å²) in [6.45, 7) is 1.70. The predicted molar refractivity (Wildman–Crippen MR) is 89.4 cm³/mol. The molecule has 1 aromatic heterocycles. The minimum atomic E-state index is -4.53. The molecule has 0 bridgehead atoms. The van der Waals surface area contributed by atoms with Crippen LogP contribution in [0, 0.1) is 12.7 Å². The first-order chi connectivity index (χ1) is 12.2. The molecular formula is C17H11F4N3OS. The molecule has 1 amide bonds. The third-order valence-corrected chi connectivity index (χ3v) is 4.23. The summed E-state index contributed by atoms with van der Waals surface area (Å²) in [6, 6.07) is 7.83. The van der Waals surface area contributed by atoms with E-state index in [-0.39, 0.29) is 21.8 Å². The van der Waals surface area contributed by atoms with E-state index in [2.05, 4.69) is 15.5 Å². The fourth-order valence-corrected chi connectivity index (χ4v) is 2.92. The van der Waals surface area contributed by atoms with Crippen LogP contribution in [0.25, 0.3) is 11.1 Å².